The van der Waals surface area contributed by atoms with Crippen LogP contribution in [0, 0.1) is 10.1 Å². The number of anilines is 1. The zero-order valence-electron chi connectivity index (χ0n) is 14.5. The highest BCUT2D eigenvalue weighted by Gasteiger charge is 2.21. The molecule has 2 heterocycles. The first kappa shape index (κ1) is 17.7. The third-order valence-electron chi connectivity index (χ3n) is 4.39. The van der Waals surface area contributed by atoms with E-state index in [1.54, 1.807) is 37.4 Å². The molecular weight excluding hydrogens is 336 g/mol. The zero-order valence-corrected chi connectivity index (χ0v) is 14.5. The molecule has 3 rings (SSSR count). The van der Waals surface area contributed by atoms with Crippen LogP contribution in [0.25, 0.3) is 0 Å². The standard InChI is InChI=1S/C18H20N4O4/c1-26-16-6-3-14(4-7-16)18(23)21-10-2-9-20(11-12-21)17-8-5-15(13-19-17)22(24)25/h3-8,13H,2,9-12H2,1H3. The van der Waals surface area contributed by atoms with Crippen LogP contribution in [0.4, 0.5) is 11.5 Å². The predicted octanol–water partition coefficient (Wildman–Crippen LogP) is 2.35. The molecule has 8 nitrogen and oxygen atoms in total. The minimum absolute atomic E-state index is 0.00818. The van der Waals surface area contributed by atoms with Crippen LogP contribution in [-0.2, 0) is 0 Å². The van der Waals surface area contributed by atoms with Gasteiger partial charge in [-0.15, -0.1) is 0 Å². The van der Waals surface area contributed by atoms with Crippen molar-refractivity contribution >= 4 is 17.4 Å². The zero-order chi connectivity index (χ0) is 18.5. The Kier molecular flexibility index (Phi) is 5.31. The van der Waals surface area contributed by atoms with E-state index in [0.29, 0.717) is 36.8 Å². The second-order valence-electron chi connectivity index (χ2n) is 5.99. The maximum atomic E-state index is 12.7. The van der Waals surface area contributed by atoms with E-state index in [4.69, 9.17) is 4.74 Å². The van der Waals surface area contributed by atoms with Gasteiger partial charge in [-0.05, 0) is 36.8 Å². The van der Waals surface area contributed by atoms with Gasteiger partial charge in [0.2, 0.25) is 0 Å². The average molecular weight is 356 g/mol. The monoisotopic (exact) mass is 356 g/mol. The maximum absolute atomic E-state index is 12.7. The number of pyridine rings is 1. The summed E-state index contributed by atoms with van der Waals surface area (Å²) in [4.78, 5) is 31.0. The highest BCUT2D eigenvalue weighted by Crippen LogP contribution is 2.19. The Morgan fingerprint density at radius 3 is 2.50 bits per heavy atom. The van der Waals surface area contributed by atoms with E-state index in [9.17, 15) is 14.9 Å². The van der Waals surface area contributed by atoms with Gasteiger partial charge in [-0.25, -0.2) is 4.98 Å². The molecule has 1 fully saturated rings. The second-order valence-corrected chi connectivity index (χ2v) is 5.99. The third-order valence-corrected chi connectivity index (χ3v) is 4.39. The minimum atomic E-state index is -0.464. The first-order valence-electron chi connectivity index (χ1n) is 8.37. The molecule has 0 atom stereocenters. The fourth-order valence-electron chi connectivity index (χ4n) is 2.94. The summed E-state index contributed by atoms with van der Waals surface area (Å²) in [6, 6.07) is 10.2. The Labute approximate surface area is 151 Å². The largest absolute Gasteiger partial charge is 0.497 e. The Balaban J connectivity index is 1.65. The summed E-state index contributed by atoms with van der Waals surface area (Å²) in [7, 11) is 1.59. The van der Waals surface area contributed by atoms with E-state index in [2.05, 4.69) is 4.98 Å². The van der Waals surface area contributed by atoms with Gasteiger partial charge in [0.05, 0.1) is 12.0 Å². The molecule has 1 saturated heterocycles. The Bertz CT molecular complexity index is 777. The molecule has 26 heavy (non-hydrogen) atoms. The number of ether oxygens (including phenoxy) is 1. The third kappa shape index (κ3) is 3.90. The van der Waals surface area contributed by atoms with Gasteiger partial charge in [-0.1, -0.05) is 0 Å². The average Bonchev–Trinajstić information content (AvgIpc) is 2.94. The lowest BCUT2D eigenvalue weighted by Crippen LogP contribution is -2.35. The summed E-state index contributed by atoms with van der Waals surface area (Å²) in [5, 5.41) is 10.7. The molecule has 0 N–H and O–H groups in total. The minimum Gasteiger partial charge on any atom is -0.497 e. The van der Waals surface area contributed by atoms with Crippen molar-refractivity contribution in [1.82, 2.24) is 9.88 Å². The molecule has 1 aromatic heterocycles. The van der Waals surface area contributed by atoms with Gasteiger partial charge in [-0.2, -0.15) is 0 Å². The summed E-state index contributed by atoms with van der Waals surface area (Å²) in [6.07, 6.45) is 2.07. The van der Waals surface area contributed by atoms with E-state index < -0.39 is 4.92 Å². The van der Waals surface area contributed by atoms with Crippen LogP contribution < -0.4 is 9.64 Å². The molecule has 0 spiro atoms. The highest BCUT2D eigenvalue weighted by atomic mass is 16.6. The molecule has 0 unspecified atom stereocenters. The van der Waals surface area contributed by atoms with Crippen molar-refractivity contribution in [2.75, 3.05) is 38.2 Å². The molecular formula is C18H20N4O4. The molecule has 136 valence electrons. The lowest BCUT2D eigenvalue weighted by molar-refractivity contribution is -0.385. The van der Waals surface area contributed by atoms with Crippen LogP contribution in [0.2, 0.25) is 0 Å². The number of amides is 1. The Hall–Kier alpha value is -3.16. The molecule has 1 aliphatic heterocycles. The number of rotatable bonds is 4. The molecule has 0 radical (unpaired) electrons. The van der Waals surface area contributed by atoms with Crippen LogP contribution in [0.5, 0.6) is 5.75 Å². The van der Waals surface area contributed by atoms with Crippen LogP contribution in [0.1, 0.15) is 16.8 Å². The van der Waals surface area contributed by atoms with E-state index in [-0.39, 0.29) is 11.6 Å². The lowest BCUT2D eigenvalue weighted by Gasteiger charge is -2.22. The van der Waals surface area contributed by atoms with Crippen molar-refractivity contribution in [3.63, 3.8) is 0 Å². The number of methoxy groups -OCH3 is 1. The summed E-state index contributed by atoms with van der Waals surface area (Å²) in [5.74, 6) is 1.40. The van der Waals surface area contributed by atoms with Crippen LogP contribution in [0.15, 0.2) is 42.6 Å². The van der Waals surface area contributed by atoms with Gasteiger partial charge in [0.1, 0.15) is 17.8 Å². The van der Waals surface area contributed by atoms with Crippen molar-refractivity contribution in [3.05, 3.63) is 58.3 Å². The van der Waals surface area contributed by atoms with Gasteiger partial charge >= 0.3 is 0 Å². The van der Waals surface area contributed by atoms with Crippen LogP contribution >= 0.6 is 0 Å². The molecule has 1 aromatic carbocycles. The topological polar surface area (TPSA) is 88.8 Å². The molecule has 0 bridgehead atoms. The summed E-state index contributed by atoms with van der Waals surface area (Å²) >= 11 is 0. The van der Waals surface area contributed by atoms with Gasteiger partial charge < -0.3 is 14.5 Å². The molecule has 0 saturated carbocycles. The number of nitrogens with zero attached hydrogens (tertiary/aromatic N) is 4. The number of carbonyl (C=O) groups excluding carboxylic acids is 1. The highest BCUT2D eigenvalue weighted by molar-refractivity contribution is 5.94. The van der Waals surface area contributed by atoms with Crippen molar-refractivity contribution in [1.29, 1.82) is 0 Å². The first-order valence-corrected chi connectivity index (χ1v) is 8.37. The SMILES string of the molecule is COc1ccc(C(=O)N2CCCN(c3ccc([N+](=O)[O-])cn3)CC2)cc1. The normalized spacial score (nSPS) is 14.7. The first-order chi connectivity index (χ1) is 12.6. The number of aromatic nitrogens is 1. The van der Waals surface area contributed by atoms with E-state index in [1.165, 1.54) is 12.3 Å². The summed E-state index contributed by atoms with van der Waals surface area (Å²) in [6.45, 7) is 2.61. The summed E-state index contributed by atoms with van der Waals surface area (Å²) in [5.41, 5.74) is 0.604. The van der Waals surface area contributed by atoms with Crippen molar-refractivity contribution < 1.29 is 14.5 Å². The quantitative estimate of drug-likeness (QED) is 0.617. The van der Waals surface area contributed by atoms with Gasteiger partial charge in [0, 0.05) is 37.8 Å². The van der Waals surface area contributed by atoms with Crippen LogP contribution in [-0.4, -0.2) is 54.0 Å². The smallest absolute Gasteiger partial charge is 0.287 e. The van der Waals surface area contributed by atoms with Crippen molar-refractivity contribution in [2.24, 2.45) is 0 Å². The molecule has 0 aliphatic carbocycles. The molecule has 1 amide bonds. The van der Waals surface area contributed by atoms with Crippen molar-refractivity contribution in [3.8, 4) is 5.75 Å². The van der Waals surface area contributed by atoms with E-state index in [1.807, 2.05) is 9.80 Å². The van der Waals surface area contributed by atoms with Crippen molar-refractivity contribution in [2.45, 2.75) is 6.42 Å². The predicted molar refractivity (Wildman–Crippen MR) is 96.6 cm³/mol. The fraction of sp³-hybridized carbons (Fsp3) is 0.333. The second kappa shape index (κ2) is 7.81. The van der Waals surface area contributed by atoms with Gasteiger partial charge in [-0.3, -0.25) is 14.9 Å². The van der Waals surface area contributed by atoms with E-state index in [0.717, 1.165) is 13.0 Å². The molecule has 8 heteroatoms. The Morgan fingerprint density at radius 2 is 1.88 bits per heavy atom. The molecule has 2 aromatic rings. The number of benzene rings is 1. The fourth-order valence-corrected chi connectivity index (χ4v) is 2.94. The van der Waals surface area contributed by atoms with Gasteiger partial charge in [0.25, 0.3) is 11.6 Å². The van der Waals surface area contributed by atoms with Gasteiger partial charge in [0.15, 0.2) is 0 Å². The lowest BCUT2D eigenvalue weighted by atomic mass is 10.2. The number of hydrogen-bond acceptors (Lipinski definition) is 6. The van der Waals surface area contributed by atoms with E-state index >= 15 is 0 Å². The molecule has 1 aliphatic rings. The summed E-state index contributed by atoms with van der Waals surface area (Å²) < 4.78 is 5.12. The maximum Gasteiger partial charge on any atom is 0.287 e. The number of hydrogen-bond donors (Lipinski definition) is 0. The Morgan fingerprint density at radius 1 is 1.12 bits per heavy atom. The van der Waals surface area contributed by atoms with Crippen LogP contribution in [0.3, 0.4) is 0 Å². The number of nitro groups is 1. The number of carbonyl (C=O) groups is 1.